The van der Waals surface area contributed by atoms with Crippen molar-refractivity contribution in [3.05, 3.63) is 0 Å². The molecule has 1 aliphatic carbocycles. The predicted molar refractivity (Wildman–Crippen MR) is 135 cm³/mol. The van der Waals surface area contributed by atoms with E-state index in [2.05, 4.69) is 10.6 Å². The van der Waals surface area contributed by atoms with E-state index in [9.17, 15) is 30.3 Å². The fourth-order valence-electron chi connectivity index (χ4n) is 5.36. The lowest BCUT2D eigenvalue weighted by molar-refractivity contribution is -0.307. The molecule has 0 aromatic carbocycles. The third kappa shape index (κ3) is 7.41. The lowest BCUT2D eigenvalue weighted by Gasteiger charge is -2.49. The molecule has 1 saturated carbocycles. The van der Waals surface area contributed by atoms with Gasteiger partial charge < -0.3 is 78.0 Å². The van der Waals surface area contributed by atoms with Crippen LogP contribution in [-0.4, -0.2) is 143 Å². The Hall–Kier alpha value is -1.09. The average Bonchev–Trinajstić information content (AvgIpc) is 2.89. The van der Waals surface area contributed by atoms with Crippen LogP contribution in [0, 0.1) is 0 Å². The number of carbonyl (C=O) groups excluding carboxylic acids is 1. The molecule has 3 fully saturated rings. The molecule has 0 unspecified atom stereocenters. The second-order valence-electron chi connectivity index (χ2n) is 10.9. The molecule has 0 spiro atoms. The second-order valence-corrected chi connectivity index (χ2v) is 10.9. The molecule has 0 aromatic rings. The Morgan fingerprint density at radius 3 is 2.36 bits per heavy atom. The summed E-state index contributed by atoms with van der Waals surface area (Å²) in [7, 11) is 1.55. The largest absolute Gasteiger partial charge is 0.389 e. The van der Waals surface area contributed by atoms with Gasteiger partial charge in [-0.15, -0.1) is 0 Å². The maximum Gasteiger partial charge on any atom is 0.251 e. The van der Waals surface area contributed by atoms with Crippen molar-refractivity contribution in [1.82, 2.24) is 10.6 Å². The minimum atomic E-state index is -1.85. The third-order valence-electron chi connectivity index (χ3n) is 7.70. The molecule has 14 atom stereocenters. The van der Waals surface area contributed by atoms with Crippen molar-refractivity contribution in [2.45, 2.75) is 111 Å². The van der Waals surface area contributed by atoms with E-state index >= 15 is 0 Å². The first-order chi connectivity index (χ1) is 18.3. The van der Waals surface area contributed by atoms with E-state index < -0.39 is 84.9 Å². The van der Waals surface area contributed by atoms with Gasteiger partial charge in [-0.2, -0.15) is 0 Å². The lowest BCUT2D eigenvalue weighted by atomic mass is 9.83. The number of hydrogen-bond donors (Lipinski definition) is 11. The van der Waals surface area contributed by atoms with Crippen molar-refractivity contribution in [3.8, 4) is 0 Å². The molecular weight excluding hydrogens is 520 g/mol. The van der Waals surface area contributed by atoms with Crippen LogP contribution < -0.4 is 33.6 Å². The molecule has 2 heterocycles. The molecular formula is C23H46N6O10. The number of amides is 1. The molecule has 2 aliphatic heterocycles. The van der Waals surface area contributed by atoms with Crippen LogP contribution in [0.15, 0.2) is 0 Å². The molecule has 0 aromatic heterocycles. The number of nitrogens with one attached hydrogen (secondary N) is 2. The quantitative estimate of drug-likeness (QED) is 0.117. The molecule has 0 bridgehead atoms. The van der Waals surface area contributed by atoms with Crippen LogP contribution in [0.2, 0.25) is 0 Å². The first-order valence-corrected chi connectivity index (χ1v) is 13.3. The maximum atomic E-state index is 12.7. The van der Waals surface area contributed by atoms with Crippen LogP contribution in [0.5, 0.6) is 0 Å². The summed E-state index contributed by atoms with van der Waals surface area (Å²) in [6, 6.07) is -3.20. The normalized spacial score (nSPS) is 44.9. The van der Waals surface area contributed by atoms with Crippen LogP contribution in [-0.2, 0) is 23.7 Å². The van der Waals surface area contributed by atoms with Gasteiger partial charge in [0.15, 0.2) is 18.7 Å². The smallest absolute Gasteiger partial charge is 0.251 e. The lowest BCUT2D eigenvalue weighted by Crippen LogP contribution is -2.69. The number of hydrogen-bond acceptors (Lipinski definition) is 15. The topological polar surface area (TPSA) is 283 Å². The zero-order chi connectivity index (χ0) is 29.1. The van der Waals surface area contributed by atoms with Gasteiger partial charge in [-0.3, -0.25) is 4.79 Å². The highest BCUT2D eigenvalue weighted by Crippen LogP contribution is 2.32. The Morgan fingerprint density at radius 2 is 1.74 bits per heavy atom. The van der Waals surface area contributed by atoms with Gasteiger partial charge in [0.05, 0.1) is 30.8 Å². The molecule has 16 heteroatoms. The summed E-state index contributed by atoms with van der Waals surface area (Å²) in [5, 5.41) is 58.2. The van der Waals surface area contributed by atoms with E-state index in [4.69, 9.17) is 41.9 Å². The highest BCUT2D eigenvalue weighted by molar-refractivity contribution is 5.81. The standard InChI is InChI=1S/C23H46N6O10/c1-23(35)8-36-22(16(33)19(23)28-2)39-18-12(29-20(34)14(31)13(30)7-25)5-11(27)17(15(18)32)38-21-10(26)4-3-9(6-24)37-21/h9-19,21-22,28,30-33,35H,3-8,24-27H2,1-2H3,(H,29,34)/t9-,10+,11-,12+,13+,14-,15+,16+,17+,18-,19+,21+,22+,23-/m0/s1. The molecule has 1 amide bonds. The monoisotopic (exact) mass is 566 g/mol. The van der Waals surface area contributed by atoms with Gasteiger partial charge in [0.25, 0.3) is 5.91 Å². The summed E-state index contributed by atoms with van der Waals surface area (Å²) in [5.74, 6) is -0.963. The minimum absolute atomic E-state index is 0.00182. The van der Waals surface area contributed by atoms with Gasteiger partial charge in [-0.05, 0) is 33.2 Å². The van der Waals surface area contributed by atoms with Crippen molar-refractivity contribution in [3.63, 3.8) is 0 Å². The van der Waals surface area contributed by atoms with Crippen molar-refractivity contribution >= 4 is 5.91 Å². The van der Waals surface area contributed by atoms with E-state index in [0.29, 0.717) is 12.8 Å². The second kappa shape index (κ2) is 13.7. The summed E-state index contributed by atoms with van der Waals surface area (Å²) in [6.07, 6.45) is -9.86. The number of aliphatic hydroxyl groups excluding tert-OH is 4. The maximum absolute atomic E-state index is 12.7. The molecule has 15 N–H and O–H groups in total. The van der Waals surface area contributed by atoms with Crippen molar-refractivity contribution in [2.24, 2.45) is 22.9 Å². The van der Waals surface area contributed by atoms with Crippen LogP contribution in [0.25, 0.3) is 0 Å². The Balaban J connectivity index is 1.83. The van der Waals surface area contributed by atoms with Crippen molar-refractivity contribution in [1.29, 1.82) is 0 Å². The summed E-state index contributed by atoms with van der Waals surface area (Å²) < 4.78 is 23.5. The van der Waals surface area contributed by atoms with Crippen molar-refractivity contribution < 1.29 is 49.3 Å². The van der Waals surface area contributed by atoms with Crippen LogP contribution in [0.1, 0.15) is 26.2 Å². The molecule has 3 aliphatic rings. The molecule has 3 rings (SSSR count). The molecule has 39 heavy (non-hydrogen) atoms. The summed E-state index contributed by atoms with van der Waals surface area (Å²) in [5.41, 5.74) is 22.2. The first kappa shape index (κ1) is 32.4. The Kier molecular flexibility index (Phi) is 11.4. The third-order valence-corrected chi connectivity index (χ3v) is 7.70. The molecule has 16 nitrogen and oxygen atoms in total. The molecule has 228 valence electrons. The van der Waals surface area contributed by atoms with E-state index in [1.807, 2.05) is 0 Å². The van der Waals surface area contributed by atoms with E-state index in [-0.39, 0.29) is 32.2 Å². The van der Waals surface area contributed by atoms with Crippen LogP contribution in [0.3, 0.4) is 0 Å². The predicted octanol–water partition coefficient (Wildman–Crippen LogP) is -6.14. The SMILES string of the molecule is CN[C@@H]1[C@@H](O)[C@@H](O[C@@H]2[C@H](O)[C@H](O[C@H]3O[C@H](CN)CC[C@H]3N)[C@@H](N)C[C@H]2NC(=O)[C@@H](O)[C@H](O)CN)OC[C@]1(C)O. The van der Waals surface area contributed by atoms with Gasteiger partial charge in [0, 0.05) is 19.1 Å². The Bertz CT molecular complexity index is 798. The highest BCUT2D eigenvalue weighted by atomic mass is 16.7. The Morgan fingerprint density at radius 1 is 1.08 bits per heavy atom. The first-order valence-electron chi connectivity index (χ1n) is 13.3. The van der Waals surface area contributed by atoms with Gasteiger partial charge in [0.2, 0.25) is 0 Å². The van der Waals surface area contributed by atoms with Crippen LogP contribution >= 0.6 is 0 Å². The zero-order valence-electron chi connectivity index (χ0n) is 22.3. The fourth-order valence-corrected chi connectivity index (χ4v) is 5.36. The summed E-state index contributed by atoms with van der Waals surface area (Å²) >= 11 is 0. The van der Waals surface area contributed by atoms with E-state index in [1.54, 1.807) is 7.05 Å². The number of aliphatic hydroxyl groups is 5. The minimum Gasteiger partial charge on any atom is -0.389 e. The average molecular weight is 567 g/mol. The number of carbonyl (C=O) groups is 1. The molecule has 0 radical (unpaired) electrons. The number of rotatable bonds is 10. The van der Waals surface area contributed by atoms with E-state index in [0.717, 1.165) is 0 Å². The number of likely N-dealkylation sites (N-methyl/N-ethyl adjacent to an activating group) is 1. The van der Waals surface area contributed by atoms with Gasteiger partial charge in [0.1, 0.15) is 36.1 Å². The van der Waals surface area contributed by atoms with Crippen LogP contribution in [0.4, 0.5) is 0 Å². The number of nitrogens with two attached hydrogens (primary N) is 4. The van der Waals surface area contributed by atoms with E-state index in [1.165, 1.54) is 6.92 Å². The Labute approximate surface area is 227 Å². The van der Waals surface area contributed by atoms with Gasteiger partial charge >= 0.3 is 0 Å². The summed E-state index contributed by atoms with van der Waals surface area (Å²) in [6.45, 7) is 1.18. The summed E-state index contributed by atoms with van der Waals surface area (Å²) in [4.78, 5) is 12.7. The number of ether oxygens (including phenoxy) is 4. The van der Waals surface area contributed by atoms with Gasteiger partial charge in [-0.25, -0.2) is 0 Å². The fraction of sp³-hybridized carbons (Fsp3) is 0.957. The molecule has 2 saturated heterocycles. The highest BCUT2D eigenvalue weighted by Gasteiger charge is 2.52. The zero-order valence-corrected chi connectivity index (χ0v) is 22.3. The van der Waals surface area contributed by atoms with Crippen molar-refractivity contribution in [2.75, 3.05) is 26.7 Å². The van der Waals surface area contributed by atoms with Gasteiger partial charge in [-0.1, -0.05) is 0 Å².